The molecule has 2 rings (SSSR count). The molecule has 0 radical (unpaired) electrons. The third-order valence-electron chi connectivity index (χ3n) is 4.43. The molecule has 1 aliphatic carbocycles. The molecule has 0 unspecified atom stereocenters. The van der Waals surface area contributed by atoms with Crippen LogP contribution in [0.1, 0.15) is 50.5 Å². The molecule has 0 atom stereocenters. The first-order valence-electron chi connectivity index (χ1n) is 7.29. The van der Waals surface area contributed by atoms with Crippen molar-refractivity contribution in [3.8, 4) is 0 Å². The van der Waals surface area contributed by atoms with Crippen molar-refractivity contribution in [2.75, 3.05) is 6.54 Å². The van der Waals surface area contributed by atoms with Gasteiger partial charge in [0.2, 0.25) is 0 Å². The van der Waals surface area contributed by atoms with Crippen LogP contribution in [0.5, 0.6) is 0 Å². The van der Waals surface area contributed by atoms with Crippen LogP contribution in [0.3, 0.4) is 0 Å². The molecule has 106 valence electrons. The van der Waals surface area contributed by atoms with Crippen LogP contribution >= 0.6 is 23.2 Å². The molecule has 0 bridgehead atoms. The van der Waals surface area contributed by atoms with Gasteiger partial charge in [-0.3, -0.25) is 0 Å². The van der Waals surface area contributed by atoms with Crippen molar-refractivity contribution in [2.24, 2.45) is 11.1 Å². The van der Waals surface area contributed by atoms with Crippen molar-refractivity contribution < 1.29 is 0 Å². The van der Waals surface area contributed by atoms with Gasteiger partial charge in [0, 0.05) is 10.0 Å². The maximum absolute atomic E-state index is 6.32. The molecule has 3 heteroatoms. The molecule has 0 heterocycles. The highest BCUT2D eigenvalue weighted by Crippen LogP contribution is 2.38. The summed E-state index contributed by atoms with van der Waals surface area (Å²) >= 11 is 12.3. The number of halogens is 2. The highest BCUT2D eigenvalue weighted by Gasteiger charge is 2.29. The van der Waals surface area contributed by atoms with Crippen molar-refractivity contribution in [3.05, 3.63) is 33.8 Å². The van der Waals surface area contributed by atoms with Crippen molar-refractivity contribution in [1.29, 1.82) is 0 Å². The Kier molecular flexibility index (Phi) is 5.56. The van der Waals surface area contributed by atoms with Crippen LogP contribution in [-0.4, -0.2) is 6.54 Å². The van der Waals surface area contributed by atoms with E-state index in [1.807, 2.05) is 12.1 Å². The Labute approximate surface area is 126 Å². The predicted octanol–water partition coefficient (Wildman–Crippen LogP) is 5.23. The quantitative estimate of drug-likeness (QED) is 0.813. The molecule has 1 nitrogen and oxygen atoms in total. The summed E-state index contributed by atoms with van der Waals surface area (Å²) in [6.07, 6.45) is 10.1. The lowest BCUT2D eigenvalue weighted by molar-refractivity contribution is 0.217. The molecule has 1 aromatic rings. The highest BCUT2D eigenvalue weighted by atomic mass is 35.5. The fourth-order valence-corrected chi connectivity index (χ4v) is 3.65. The lowest BCUT2D eigenvalue weighted by Gasteiger charge is -2.35. The van der Waals surface area contributed by atoms with Crippen molar-refractivity contribution in [1.82, 2.24) is 0 Å². The van der Waals surface area contributed by atoms with E-state index in [2.05, 4.69) is 6.07 Å². The minimum Gasteiger partial charge on any atom is -0.330 e. The highest BCUT2D eigenvalue weighted by molar-refractivity contribution is 6.35. The molecule has 2 N–H and O–H groups in total. The van der Waals surface area contributed by atoms with Gasteiger partial charge in [0.15, 0.2) is 0 Å². The topological polar surface area (TPSA) is 26.0 Å². The monoisotopic (exact) mass is 299 g/mol. The summed E-state index contributed by atoms with van der Waals surface area (Å²) in [6, 6.07) is 5.82. The van der Waals surface area contributed by atoms with Crippen LogP contribution in [-0.2, 0) is 6.42 Å². The van der Waals surface area contributed by atoms with E-state index in [0.29, 0.717) is 5.02 Å². The minimum atomic E-state index is 0.234. The molecule has 1 aliphatic rings. The van der Waals surface area contributed by atoms with Crippen LogP contribution in [0.15, 0.2) is 18.2 Å². The second-order valence-electron chi connectivity index (χ2n) is 5.88. The zero-order valence-corrected chi connectivity index (χ0v) is 12.9. The number of rotatable bonds is 3. The van der Waals surface area contributed by atoms with Crippen LogP contribution in [0.2, 0.25) is 10.0 Å². The molecule has 1 saturated carbocycles. The zero-order valence-electron chi connectivity index (χ0n) is 11.4. The number of hydrogen-bond acceptors (Lipinski definition) is 1. The van der Waals surface area contributed by atoms with Crippen LogP contribution < -0.4 is 5.73 Å². The second kappa shape index (κ2) is 6.97. The Morgan fingerprint density at radius 3 is 2.21 bits per heavy atom. The molecule has 1 aromatic carbocycles. The number of hydrogen-bond donors (Lipinski definition) is 1. The van der Waals surface area contributed by atoms with Gasteiger partial charge in [0.25, 0.3) is 0 Å². The Balaban J connectivity index is 2.15. The first kappa shape index (κ1) is 15.2. The van der Waals surface area contributed by atoms with Gasteiger partial charge in [-0.2, -0.15) is 0 Å². The summed E-state index contributed by atoms with van der Waals surface area (Å²) in [7, 11) is 0. The molecule has 0 aliphatic heterocycles. The fourth-order valence-electron chi connectivity index (χ4n) is 3.18. The average molecular weight is 300 g/mol. The van der Waals surface area contributed by atoms with Gasteiger partial charge in [0.1, 0.15) is 0 Å². The van der Waals surface area contributed by atoms with E-state index in [0.717, 1.165) is 18.0 Å². The van der Waals surface area contributed by atoms with Gasteiger partial charge in [0.05, 0.1) is 0 Å². The van der Waals surface area contributed by atoms with Crippen molar-refractivity contribution >= 4 is 23.2 Å². The summed E-state index contributed by atoms with van der Waals surface area (Å²) < 4.78 is 0. The molecule has 0 amide bonds. The maximum atomic E-state index is 6.32. The largest absolute Gasteiger partial charge is 0.330 e. The van der Waals surface area contributed by atoms with E-state index in [-0.39, 0.29) is 5.41 Å². The lowest BCUT2D eigenvalue weighted by atomic mass is 9.72. The van der Waals surface area contributed by atoms with Gasteiger partial charge in [-0.25, -0.2) is 0 Å². The van der Waals surface area contributed by atoms with E-state index >= 15 is 0 Å². The van der Waals surface area contributed by atoms with E-state index in [9.17, 15) is 0 Å². The van der Waals surface area contributed by atoms with Crippen LogP contribution in [0.4, 0.5) is 0 Å². The zero-order chi connectivity index (χ0) is 13.7. The summed E-state index contributed by atoms with van der Waals surface area (Å²) in [4.78, 5) is 0. The first-order valence-corrected chi connectivity index (χ1v) is 8.05. The van der Waals surface area contributed by atoms with Gasteiger partial charge >= 0.3 is 0 Å². The van der Waals surface area contributed by atoms with E-state index in [1.54, 1.807) is 0 Å². The van der Waals surface area contributed by atoms with Gasteiger partial charge < -0.3 is 5.73 Å². The molecule has 0 saturated heterocycles. The smallest absolute Gasteiger partial charge is 0.0453 e. The molecule has 19 heavy (non-hydrogen) atoms. The van der Waals surface area contributed by atoms with E-state index < -0.39 is 0 Å². The normalized spacial score (nSPS) is 19.7. The Morgan fingerprint density at radius 1 is 1.00 bits per heavy atom. The molecular weight excluding hydrogens is 277 g/mol. The summed E-state index contributed by atoms with van der Waals surface area (Å²) in [6.45, 7) is 0.756. The SMILES string of the molecule is NCC1(Cc2ccc(Cl)cc2Cl)CCCCCCC1. The maximum Gasteiger partial charge on any atom is 0.0453 e. The van der Waals surface area contributed by atoms with E-state index in [4.69, 9.17) is 28.9 Å². The second-order valence-corrected chi connectivity index (χ2v) is 6.73. The van der Waals surface area contributed by atoms with Gasteiger partial charge in [-0.15, -0.1) is 0 Å². The van der Waals surface area contributed by atoms with Crippen molar-refractivity contribution in [3.63, 3.8) is 0 Å². The first-order chi connectivity index (χ1) is 9.15. The Morgan fingerprint density at radius 2 is 1.63 bits per heavy atom. The van der Waals surface area contributed by atoms with Crippen LogP contribution in [0.25, 0.3) is 0 Å². The van der Waals surface area contributed by atoms with Crippen LogP contribution in [0, 0.1) is 5.41 Å². The van der Waals surface area contributed by atoms with Gasteiger partial charge in [-0.05, 0) is 48.9 Å². The van der Waals surface area contributed by atoms with Crippen molar-refractivity contribution in [2.45, 2.75) is 51.4 Å². The number of benzene rings is 1. The lowest BCUT2D eigenvalue weighted by Crippen LogP contribution is -2.33. The van der Waals surface area contributed by atoms with E-state index in [1.165, 1.54) is 50.5 Å². The third-order valence-corrected chi connectivity index (χ3v) is 5.01. The minimum absolute atomic E-state index is 0.234. The van der Waals surface area contributed by atoms with Gasteiger partial charge in [-0.1, -0.05) is 61.4 Å². The molecule has 0 aromatic heterocycles. The number of nitrogens with two attached hydrogens (primary N) is 1. The summed E-state index contributed by atoms with van der Waals surface area (Å²) in [5.41, 5.74) is 7.54. The average Bonchev–Trinajstić information content (AvgIpc) is 2.36. The fraction of sp³-hybridized carbons (Fsp3) is 0.625. The Bertz CT molecular complexity index is 409. The summed E-state index contributed by atoms with van der Waals surface area (Å²) in [5.74, 6) is 0. The Hall–Kier alpha value is -0.240. The molecule has 1 fully saturated rings. The molecule has 0 spiro atoms. The third kappa shape index (κ3) is 4.11. The standard InChI is InChI=1S/C16H23Cl2N/c17-14-7-6-13(15(18)10-14)11-16(12-19)8-4-2-1-3-5-9-16/h6-7,10H,1-5,8-9,11-12,19H2. The predicted molar refractivity (Wildman–Crippen MR) is 84.0 cm³/mol. The summed E-state index contributed by atoms with van der Waals surface area (Å²) in [5, 5.41) is 1.48. The molecular formula is C16H23Cl2N.